The van der Waals surface area contributed by atoms with E-state index in [1.807, 2.05) is 6.92 Å². The maximum Gasteiger partial charge on any atom is 0.254 e. The van der Waals surface area contributed by atoms with Gasteiger partial charge in [0, 0.05) is 12.2 Å². The molecule has 0 aliphatic rings. The topological polar surface area (TPSA) is 76.1 Å². The zero-order valence-electron chi connectivity index (χ0n) is 12.8. The molecule has 122 valence electrons. The summed E-state index contributed by atoms with van der Waals surface area (Å²) in [5, 5.41) is 2.49. The molecule has 0 unspecified atom stereocenters. The van der Waals surface area contributed by atoms with E-state index in [-0.39, 0.29) is 16.2 Å². The number of rotatable bonds is 5. The number of carbonyl (C=O) groups excluding carboxylic acids is 1. The number of nitrogens with zero attached hydrogens (tertiary/aromatic N) is 1. The molecule has 1 atom stereocenters. The molecule has 7 heteroatoms. The number of hydrogen-bond acceptors (Lipinski definition) is 4. The third-order valence-electron chi connectivity index (χ3n) is 3.24. The molecule has 1 aromatic carbocycles. The quantitative estimate of drug-likeness (QED) is 0.907. The molecule has 0 radical (unpaired) electrons. The molecular weight excluding hydrogens is 319 g/mol. The molecule has 1 amide bonds. The Kier molecular flexibility index (Phi) is 5.10. The van der Waals surface area contributed by atoms with Crippen molar-refractivity contribution >= 4 is 15.7 Å². The Morgan fingerprint density at radius 2 is 1.91 bits per heavy atom. The maximum absolute atomic E-state index is 13.5. The highest BCUT2D eigenvalue weighted by Crippen LogP contribution is 2.13. The van der Waals surface area contributed by atoms with Gasteiger partial charge in [-0.15, -0.1) is 0 Å². The number of nitrogens with one attached hydrogen (secondary N) is 1. The van der Waals surface area contributed by atoms with Crippen LogP contribution in [0.2, 0.25) is 0 Å². The van der Waals surface area contributed by atoms with Crippen molar-refractivity contribution < 1.29 is 17.6 Å². The van der Waals surface area contributed by atoms with Gasteiger partial charge in [-0.3, -0.25) is 9.78 Å². The van der Waals surface area contributed by atoms with Crippen LogP contribution in [-0.2, 0) is 9.84 Å². The third-order valence-corrected chi connectivity index (χ3v) is 5.17. The first kappa shape index (κ1) is 17.1. The minimum Gasteiger partial charge on any atom is -0.348 e. The summed E-state index contributed by atoms with van der Waals surface area (Å²) in [5.74, 6) is -1.69. The van der Waals surface area contributed by atoms with E-state index < -0.39 is 27.6 Å². The first-order valence-electron chi connectivity index (χ1n) is 6.99. The Labute approximate surface area is 134 Å². The van der Waals surface area contributed by atoms with E-state index in [1.165, 1.54) is 24.4 Å². The van der Waals surface area contributed by atoms with Crippen molar-refractivity contribution in [3.8, 4) is 0 Å². The lowest BCUT2D eigenvalue weighted by atomic mass is 10.2. The monoisotopic (exact) mass is 336 g/mol. The Balaban J connectivity index is 2.07. The molecule has 0 bridgehead atoms. The van der Waals surface area contributed by atoms with Gasteiger partial charge in [0.15, 0.2) is 15.7 Å². The van der Waals surface area contributed by atoms with E-state index in [0.29, 0.717) is 0 Å². The second kappa shape index (κ2) is 6.87. The van der Waals surface area contributed by atoms with Gasteiger partial charge in [-0.25, -0.2) is 12.8 Å². The molecule has 0 fully saturated rings. The minimum absolute atomic E-state index is 0.167. The fourth-order valence-electron chi connectivity index (χ4n) is 2.07. The average Bonchev–Trinajstić information content (AvgIpc) is 2.47. The predicted molar refractivity (Wildman–Crippen MR) is 84.4 cm³/mol. The van der Waals surface area contributed by atoms with Crippen molar-refractivity contribution in [1.82, 2.24) is 10.3 Å². The van der Waals surface area contributed by atoms with Crippen LogP contribution < -0.4 is 5.32 Å². The number of amides is 1. The summed E-state index contributed by atoms with van der Waals surface area (Å²) >= 11 is 0. The first-order valence-corrected chi connectivity index (χ1v) is 8.64. The van der Waals surface area contributed by atoms with E-state index in [2.05, 4.69) is 10.3 Å². The number of aryl methyl sites for hydroxylation is 1. The molecule has 1 heterocycles. The maximum atomic E-state index is 13.5. The number of hydrogen-bond donors (Lipinski definition) is 1. The lowest BCUT2D eigenvalue weighted by Gasteiger charge is -2.14. The van der Waals surface area contributed by atoms with Gasteiger partial charge >= 0.3 is 0 Å². The van der Waals surface area contributed by atoms with Gasteiger partial charge in [-0.05, 0) is 32.0 Å². The summed E-state index contributed by atoms with van der Waals surface area (Å²) < 4.78 is 38.1. The van der Waals surface area contributed by atoms with Gasteiger partial charge in [0.2, 0.25) is 0 Å². The second-order valence-corrected chi connectivity index (χ2v) is 7.36. The van der Waals surface area contributed by atoms with E-state index in [0.717, 1.165) is 11.8 Å². The van der Waals surface area contributed by atoms with Crippen LogP contribution in [0, 0.1) is 12.7 Å². The molecule has 0 saturated carbocycles. The van der Waals surface area contributed by atoms with Crippen LogP contribution in [-0.4, -0.2) is 31.1 Å². The summed E-state index contributed by atoms with van der Waals surface area (Å²) in [6.45, 7) is 3.42. The smallest absolute Gasteiger partial charge is 0.254 e. The number of sulfone groups is 1. The lowest BCUT2D eigenvalue weighted by Crippen LogP contribution is -2.38. The van der Waals surface area contributed by atoms with Gasteiger partial charge in [-0.2, -0.15) is 0 Å². The first-order chi connectivity index (χ1) is 10.8. The Hall–Kier alpha value is -2.28. The van der Waals surface area contributed by atoms with Crippen LogP contribution in [0.25, 0.3) is 0 Å². The summed E-state index contributed by atoms with van der Waals surface area (Å²) in [4.78, 5) is 15.7. The van der Waals surface area contributed by atoms with E-state index in [9.17, 15) is 17.6 Å². The molecule has 0 saturated heterocycles. The van der Waals surface area contributed by atoms with Gasteiger partial charge in [0.1, 0.15) is 0 Å². The zero-order chi connectivity index (χ0) is 17.0. The third kappa shape index (κ3) is 4.35. The average molecular weight is 336 g/mol. The number of pyridine rings is 1. The number of benzene rings is 1. The fraction of sp³-hybridized carbons (Fsp3) is 0.250. The Morgan fingerprint density at radius 3 is 2.52 bits per heavy atom. The highest BCUT2D eigenvalue weighted by atomic mass is 32.2. The molecule has 5 nitrogen and oxygen atoms in total. The normalized spacial score (nSPS) is 12.7. The van der Waals surface area contributed by atoms with Crippen molar-refractivity contribution in [2.45, 2.75) is 24.8 Å². The number of carbonyl (C=O) groups is 1. The van der Waals surface area contributed by atoms with Crippen LogP contribution >= 0.6 is 0 Å². The predicted octanol–water partition coefficient (Wildman–Crippen LogP) is 2.12. The Bertz CT molecular complexity index is 804. The van der Waals surface area contributed by atoms with Gasteiger partial charge in [0.05, 0.1) is 22.4 Å². The Morgan fingerprint density at radius 1 is 1.26 bits per heavy atom. The fourth-order valence-corrected chi connectivity index (χ4v) is 3.56. The van der Waals surface area contributed by atoms with E-state index in [1.54, 1.807) is 19.1 Å². The van der Waals surface area contributed by atoms with Gasteiger partial charge in [-0.1, -0.05) is 17.7 Å². The molecular formula is C16H17FN2O3S. The molecule has 23 heavy (non-hydrogen) atoms. The van der Waals surface area contributed by atoms with E-state index in [4.69, 9.17) is 0 Å². The van der Waals surface area contributed by atoms with E-state index >= 15 is 0 Å². The molecule has 2 rings (SSSR count). The molecule has 1 N–H and O–H groups in total. The number of aromatic nitrogens is 1. The van der Waals surface area contributed by atoms with Crippen molar-refractivity contribution in [3.63, 3.8) is 0 Å². The van der Waals surface area contributed by atoms with Crippen molar-refractivity contribution in [2.24, 2.45) is 0 Å². The molecule has 0 aliphatic heterocycles. The summed E-state index contributed by atoms with van der Waals surface area (Å²) in [7, 11) is -3.54. The van der Waals surface area contributed by atoms with Crippen LogP contribution in [0.4, 0.5) is 4.39 Å². The van der Waals surface area contributed by atoms with Crippen LogP contribution in [0.15, 0.2) is 47.6 Å². The molecule has 0 spiro atoms. The van der Waals surface area contributed by atoms with Gasteiger partial charge < -0.3 is 5.32 Å². The standard InChI is InChI=1S/C16H17FN2O3S/c1-11-3-5-13(6-4-11)23(21,22)10-12(2)19-16(20)14-7-8-18-9-15(14)17/h3-9,12H,10H2,1-2H3,(H,19,20)/t12-/m0/s1. The zero-order valence-corrected chi connectivity index (χ0v) is 13.6. The van der Waals surface area contributed by atoms with Crippen LogP contribution in [0.1, 0.15) is 22.8 Å². The van der Waals surface area contributed by atoms with Crippen LogP contribution in [0.3, 0.4) is 0 Å². The summed E-state index contributed by atoms with van der Waals surface area (Å²) in [6, 6.07) is 7.06. The van der Waals surface area contributed by atoms with Crippen molar-refractivity contribution in [3.05, 3.63) is 59.7 Å². The van der Waals surface area contributed by atoms with Crippen molar-refractivity contribution in [1.29, 1.82) is 0 Å². The van der Waals surface area contributed by atoms with Crippen LogP contribution in [0.5, 0.6) is 0 Å². The van der Waals surface area contributed by atoms with Crippen molar-refractivity contribution in [2.75, 3.05) is 5.75 Å². The van der Waals surface area contributed by atoms with Gasteiger partial charge in [0.25, 0.3) is 5.91 Å². The summed E-state index contributed by atoms with van der Waals surface area (Å²) in [5.41, 5.74) is 0.790. The highest BCUT2D eigenvalue weighted by Gasteiger charge is 2.21. The SMILES string of the molecule is Cc1ccc(S(=O)(=O)C[C@H](C)NC(=O)c2ccncc2F)cc1. The molecule has 1 aromatic heterocycles. The lowest BCUT2D eigenvalue weighted by molar-refractivity contribution is 0.0939. The summed E-state index contributed by atoms with van der Waals surface area (Å²) in [6.07, 6.45) is 2.23. The largest absolute Gasteiger partial charge is 0.348 e. The highest BCUT2D eigenvalue weighted by molar-refractivity contribution is 7.91. The minimum atomic E-state index is -3.54. The molecule has 2 aromatic rings. The number of halogens is 1. The second-order valence-electron chi connectivity index (χ2n) is 5.32. The molecule has 0 aliphatic carbocycles.